The molecule has 2 aromatic rings. The molecule has 1 aliphatic heterocycles. The van der Waals surface area contributed by atoms with Crippen LogP contribution in [0.3, 0.4) is 0 Å². The summed E-state index contributed by atoms with van der Waals surface area (Å²) in [6.07, 6.45) is 20.8. The van der Waals surface area contributed by atoms with Gasteiger partial charge in [0.15, 0.2) is 5.96 Å². The van der Waals surface area contributed by atoms with E-state index in [1.54, 1.807) is 24.3 Å². The van der Waals surface area contributed by atoms with Gasteiger partial charge in [-0.3, -0.25) is 4.79 Å². The Balaban J connectivity index is 0.000000201. The number of carbonyl (C=O) groups is 2. The van der Waals surface area contributed by atoms with Crippen molar-refractivity contribution in [3.05, 3.63) is 58.6 Å². The van der Waals surface area contributed by atoms with Crippen molar-refractivity contribution in [2.75, 3.05) is 40.0 Å². The topological polar surface area (TPSA) is 150 Å². The lowest BCUT2D eigenvalue weighted by Gasteiger charge is -2.57. The smallest absolute Gasteiger partial charge is 0.328 e. The molecule has 0 spiro atoms. The summed E-state index contributed by atoms with van der Waals surface area (Å²) in [5, 5.41) is 10.1. The van der Waals surface area contributed by atoms with Crippen molar-refractivity contribution in [1.82, 2.24) is 25.6 Å². The molecule has 6 saturated carbocycles. The van der Waals surface area contributed by atoms with Crippen LogP contribution in [-0.2, 0) is 21.2 Å². The highest BCUT2D eigenvalue weighted by Gasteiger charge is 2.51. The molecule has 1 saturated heterocycles. The van der Waals surface area contributed by atoms with Gasteiger partial charge in [-0.15, -0.1) is 12.4 Å². The van der Waals surface area contributed by atoms with E-state index >= 15 is 0 Å². The molecule has 0 radical (unpaired) electrons. The van der Waals surface area contributed by atoms with Crippen molar-refractivity contribution in [3.8, 4) is 5.75 Å². The number of morpholine rings is 1. The molecule has 0 unspecified atom stereocenters. The Hall–Kier alpha value is -3.26. The Morgan fingerprint density at radius 3 is 2.10 bits per heavy atom. The minimum Gasteiger partial charge on any atom is -0.496 e. The molecular formula is C44H64Cl2N6O6S. The molecule has 12 nitrogen and oxygen atoms in total. The number of carbonyl (C=O) groups excluding carboxylic acids is 2. The largest absolute Gasteiger partial charge is 0.496 e. The number of nitrogens with one attached hydrogen (secondary N) is 4. The maximum Gasteiger partial charge on any atom is 0.328 e. The van der Waals surface area contributed by atoms with Crippen LogP contribution in [0.15, 0.2) is 52.4 Å². The SMILES string of the molecule is C1CCC(N=C(NC23CC4CC(CC(C4)C2)C3)N2CCOCC2)CC1.COc1ccc(Cl)cc1C(=O)NCCc1ccc(S(=O)(=O)NC(=O)NC2CCCCC2)cc1.Cl. The lowest BCUT2D eigenvalue weighted by molar-refractivity contribution is -0.0132. The van der Waals surface area contributed by atoms with Gasteiger partial charge in [-0.2, -0.15) is 0 Å². The highest BCUT2D eigenvalue weighted by molar-refractivity contribution is 7.90. The third kappa shape index (κ3) is 12.4. The number of sulfonamides is 1. The first kappa shape index (κ1) is 45.3. The highest BCUT2D eigenvalue weighted by Crippen LogP contribution is 2.55. The number of nitrogens with zero attached hydrogens (tertiary/aromatic N) is 2. The van der Waals surface area contributed by atoms with Crippen LogP contribution in [0.2, 0.25) is 5.02 Å². The molecule has 59 heavy (non-hydrogen) atoms. The number of rotatable bonds is 10. The maximum absolute atomic E-state index is 12.5. The summed E-state index contributed by atoms with van der Waals surface area (Å²) in [6, 6.07) is 10.8. The summed E-state index contributed by atoms with van der Waals surface area (Å²) in [7, 11) is -2.49. The van der Waals surface area contributed by atoms with Gasteiger partial charge in [-0.1, -0.05) is 62.3 Å². The summed E-state index contributed by atoms with van der Waals surface area (Å²) < 4.78 is 37.9. The number of hydrogen-bond donors (Lipinski definition) is 4. The fourth-order valence-electron chi connectivity index (χ4n) is 10.6. The van der Waals surface area contributed by atoms with Crippen LogP contribution in [0.1, 0.15) is 119 Å². The Morgan fingerprint density at radius 2 is 1.49 bits per heavy atom. The molecule has 3 amide bonds. The molecule has 4 N–H and O–H groups in total. The Labute approximate surface area is 362 Å². The van der Waals surface area contributed by atoms with E-state index in [1.807, 2.05) is 0 Å². The first-order valence-corrected chi connectivity index (χ1v) is 23.7. The van der Waals surface area contributed by atoms with E-state index in [0.29, 0.717) is 40.9 Å². The molecule has 0 aromatic heterocycles. The fraction of sp³-hybridized carbons (Fsp3) is 0.659. The van der Waals surface area contributed by atoms with Crippen molar-refractivity contribution in [3.63, 3.8) is 0 Å². The van der Waals surface area contributed by atoms with Crippen molar-refractivity contribution in [2.45, 2.75) is 132 Å². The first-order valence-electron chi connectivity index (χ1n) is 21.8. The number of methoxy groups -OCH3 is 1. The average molecular weight is 876 g/mol. The molecule has 6 aliphatic carbocycles. The van der Waals surface area contributed by atoms with Crippen LogP contribution >= 0.6 is 24.0 Å². The molecular weight excluding hydrogens is 811 g/mol. The zero-order valence-corrected chi connectivity index (χ0v) is 36.9. The van der Waals surface area contributed by atoms with E-state index in [2.05, 4.69) is 25.6 Å². The Bertz CT molecular complexity index is 1810. The number of amides is 3. The minimum absolute atomic E-state index is 0. The van der Waals surface area contributed by atoms with E-state index < -0.39 is 16.1 Å². The first-order chi connectivity index (χ1) is 28.1. The molecule has 1 heterocycles. The lowest BCUT2D eigenvalue weighted by atomic mass is 9.53. The minimum atomic E-state index is -3.97. The number of hydrogen-bond acceptors (Lipinski definition) is 7. The third-order valence-corrected chi connectivity index (χ3v) is 14.7. The number of aliphatic imine (C=N–C) groups is 1. The van der Waals surface area contributed by atoms with Crippen LogP contribution in [0.25, 0.3) is 0 Å². The fourth-order valence-corrected chi connectivity index (χ4v) is 11.7. The van der Waals surface area contributed by atoms with Gasteiger partial charge in [0.25, 0.3) is 15.9 Å². The summed E-state index contributed by atoms with van der Waals surface area (Å²) in [6.45, 7) is 4.05. The highest BCUT2D eigenvalue weighted by atomic mass is 35.5. The van der Waals surface area contributed by atoms with Crippen molar-refractivity contribution in [1.29, 1.82) is 0 Å². The molecule has 0 atom stereocenters. The van der Waals surface area contributed by atoms with Crippen molar-refractivity contribution < 1.29 is 27.5 Å². The van der Waals surface area contributed by atoms with Crippen LogP contribution in [0, 0.1) is 17.8 Å². The van der Waals surface area contributed by atoms with Crippen LogP contribution in [-0.4, -0.2) is 88.8 Å². The van der Waals surface area contributed by atoms with E-state index in [9.17, 15) is 18.0 Å². The second-order valence-electron chi connectivity index (χ2n) is 17.6. The third-order valence-electron chi connectivity index (χ3n) is 13.1. The Kier molecular flexibility index (Phi) is 16.1. The average Bonchev–Trinajstić information content (AvgIpc) is 3.21. The number of urea groups is 1. The van der Waals surface area contributed by atoms with Crippen molar-refractivity contribution in [2.24, 2.45) is 22.7 Å². The van der Waals surface area contributed by atoms with E-state index in [1.165, 1.54) is 102 Å². The van der Waals surface area contributed by atoms with Gasteiger partial charge in [-0.05, 0) is 124 Å². The predicted molar refractivity (Wildman–Crippen MR) is 234 cm³/mol. The molecule has 9 rings (SSSR count). The molecule has 2 aromatic carbocycles. The normalized spacial score (nSPS) is 25.8. The van der Waals surface area contributed by atoms with Crippen LogP contribution in [0.4, 0.5) is 4.79 Å². The number of ether oxygens (including phenoxy) is 2. The molecule has 326 valence electrons. The molecule has 15 heteroatoms. The van der Waals surface area contributed by atoms with E-state index in [-0.39, 0.29) is 29.3 Å². The van der Waals surface area contributed by atoms with Gasteiger partial charge in [0.2, 0.25) is 0 Å². The second-order valence-corrected chi connectivity index (χ2v) is 19.7. The summed E-state index contributed by atoms with van der Waals surface area (Å²) in [5.41, 5.74) is 1.53. The standard InChI is InChI=1S/C23H28ClN3O5S.C21H35N3O.ClH/c1-32-21-12-9-17(24)15-20(21)22(28)25-14-13-16-7-10-19(11-8-16)33(30,31)27-23(29)26-18-5-3-2-4-6-18;1-2-4-19(5-3-1)22-20(24-6-8-25-9-7-24)23-21-13-16-10-17(14-21)12-18(11-16)15-21;/h7-12,15,18H,2-6,13-14H2,1H3,(H,25,28)(H2,26,27,29);16-19H,1-15H2,(H,22,23);1H. The lowest BCUT2D eigenvalue weighted by Crippen LogP contribution is -2.63. The van der Waals surface area contributed by atoms with Gasteiger partial charge in [-0.25, -0.2) is 22.9 Å². The van der Waals surface area contributed by atoms with Gasteiger partial charge >= 0.3 is 6.03 Å². The predicted octanol–water partition coefficient (Wildman–Crippen LogP) is 7.63. The number of halogens is 2. The Morgan fingerprint density at radius 1 is 0.881 bits per heavy atom. The second kappa shape index (κ2) is 21.0. The van der Waals surface area contributed by atoms with Crippen LogP contribution in [0.5, 0.6) is 5.75 Å². The number of guanidine groups is 1. The van der Waals surface area contributed by atoms with Gasteiger partial charge in [0.05, 0.1) is 36.8 Å². The van der Waals surface area contributed by atoms with Crippen molar-refractivity contribution >= 4 is 51.9 Å². The summed E-state index contributed by atoms with van der Waals surface area (Å²) in [4.78, 5) is 32.3. The quantitative estimate of drug-likeness (QED) is 0.141. The molecule has 4 bridgehead atoms. The van der Waals surface area contributed by atoms with Gasteiger partial charge in [0, 0.05) is 36.2 Å². The maximum atomic E-state index is 12.5. The van der Waals surface area contributed by atoms with Gasteiger partial charge in [0.1, 0.15) is 5.75 Å². The molecule has 7 fully saturated rings. The zero-order chi connectivity index (χ0) is 40.5. The summed E-state index contributed by atoms with van der Waals surface area (Å²) in [5.74, 6) is 4.29. The molecule has 7 aliphatic rings. The summed E-state index contributed by atoms with van der Waals surface area (Å²) >= 11 is 5.96. The zero-order valence-electron chi connectivity index (χ0n) is 34.5. The van der Waals surface area contributed by atoms with Crippen LogP contribution < -0.4 is 25.4 Å². The van der Waals surface area contributed by atoms with E-state index in [4.69, 9.17) is 26.1 Å². The van der Waals surface area contributed by atoms with E-state index in [0.717, 1.165) is 81.7 Å². The number of benzene rings is 2. The van der Waals surface area contributed by atoms with Gasteiger partial charge < -0.3 is 30.3 Å². The monoisotopic (exact) mass is 874 g/mol.